The van der Waals surface area contributed by atoms with Crippen molar-refractivity contribution in [3.05, 3.63) is 60.2 Å². The van der Waals surface area contributed by atoms with Gasteiger partial charge in [0.1, 0.15) is 23.6 Å². The molecule has 2 aromatic rings. The molecule has 0 heterocycles. The van der Waals surface area contributed by atoms with Gasteiger partial charge in [0.25, 0.3) is 0 Å². The smallest absolute Gasteiger partial charge is 0.326 e. The van der Waals surface area contributed by atoms with E-state index in [0.717, 1.165) is 0 Å². The summed E-state index contributed by atoms with van der Waals surface area (Å²) in [5.74, 6) is -2.56. The van der Waals surface area contributed by atoms with E-state index in [9.17, 15) is 24.3 Å². The number of amides is 3. The predicted octanol–water partition coefficient (Wildman–Crippen LogP) is 1.61. The number of hydrogen-bond donors (Lipinski definition) is 4. The van der Waals surface area contributed by atoms with Crippen LogP contribution in [0.2, 0.25) is 0 Å². The van der Waals surface area contributed by atoms with Crippen molar-refractivity contribution in [2.45, 2.75) is 38.8 Å². The van der Waals surface area contributed by atoms with Crippen LogP contribution in [-0.4, -0.2) is 40.9 Å². The Hall–Kier alpha value is -3.88. The van der Waals surface area contributed by atoms with Crippen LogP contribution < -0.4 is 21.1 Å². The van der Waals surface area contributed by atoms with E-state index in [0.29, 0.717) is 17.1 Å². The molecule has 0 aliphatic rings. The second-order valence-corrected chi connectivity index (χ2v) is 7.60. The summed E-state index contributed by atoms with van der Waals surface area (Å²) in [5, 5.41) is 14.1. The summed E-state index contributed by atoms with van der Waals surface area (Å²) in [7, 11) is 0. The molecule has 0 aliphatic heterocycles. The zero-order chi connectivity index (χ0) is 23.7. The van der Waals surface area contributed by atoms with Gasteiger partial charge in [0.2, 0.25) is 17.7 Å². The maximum Gasteiger partial charge on any atom is 0.326 e. The Labute approximate surface area is 185 Å². The van der Waals surface area contributed by atoms with Gasteiger partial charge in [-0.3, -0.25) is 14.4 Å². The molecule has 0 aliphatic carbocycles. The average Bonchev–Trinajstić information content (AvgIpc) is 2.71. The first-order valence-electron chi connectivity index (χ1n) is 10.1. The SMILES string of the molecule is CC(C)[C@H](NC(=O)[C@H](CC(N)=O)NC(=O)Cc1cccc(Oc2ccccc2)c1)C(=O)O. The van der Waals surface area contributed by atoms with E-state index >= 15 is 0 Å². The lowest BCUT2D eigenvalue weighted by atomic mass is 10.0. The quantitative estimate of drug-likeness (QED) is 0.416. The Morgan fingerprint density at radius 1 is 0.969 bits per heavy atom. The topological polar surface area (TPSA) is 148 Å². The minimum atomic E-state index is -1.29. The first-order chi connectivity index (χ1) is 15.2. The fourth-order valence-corrected chi connectivity index (χ4v) is 2.95. The van der Waals surface area contributed by atoms with Gasteiger partial charge in [0.05, 0.1) is 12.8 Å². The zero-order valence-corrected chi connectivity index (χ0v) is 17.9. The molecule has 170 valence electrons. The van der Waals surface area contributed by atoms with Crippen molar-refractivity contribution in [2.75, 3.05) is 0 Å². The van der Waals surface area contributed by atoms with E-state index in [1.165, 1.54) is 0 Å². The molecule has 32 heavy (non-hydrogen) atoms. The number of aliphatic carboxylic acids is 1. The van der Waals surface area contributed by atoms with Crippen molar-refractivity contribution < 1.29 is 29.0 Å². The summed E-state index contributed by atoms with van der Waals surface area (Å²) in [6, 6.07) is 13.6. The maximum absolute atomic E-state index is 12.5. The average molecular weight is 441 g/mol. The molecule has 0 radical (unpaired) electrons. The Morgan fingerprint density at radius 2 is 1.62 bits per heavy atom. The lowest BCUT2D eigenvalue weighted by Crippen LogP contribution is -2.54. The third kappa shape index (κ3) is 7.75. The van der Waals surface area contributed by atoms with E-state index in [1.807, 2.05) is 18.2 Å². The van der Waals surface area contributed by atoms with Crippen LogP contribution in [0.25, 0.3) is 0 Å². The molecule has 0 aromatic heterocycles. The van der Waals surface area contributed by atoms with Gasteiger partial charge in [-0.05, 0) is 35.7 Å². The van der Waals surface area contributed by atoms with Crippen molar-refractivity contribution in [2.24, 2.45) is 11.7 Å². The maximum atomic E-state index is 12.5. The highest BCUT2D eigenvalue weighted by Crippen LogP contribution is 2.22. The lowest BCUT2D eigenvalue weighted by Gasteiger charge is -2.22. The molecule has 9 nitrogen and oxygen atoms in total. The predicted molar refractivity (Wildman–Crippen MR) is 117 cm³/mol. The van der Waals surface area contributed by atoms with E-state index in [4.69, 9.17) is 10.5 Å². The highest BCUT2D eigenvalue weighted by Gasteiger charge is 2.29. The van der Waals surface area contributed by atoms with Crippen LogP contribution in [0.5, 0.6) is 11.5 Å². The van der Waals surface area contributed by atoms with Gasteiger partial charge < -0.3 is 26.2 Å². The van der Waals surface area contributed by atoms with Crippen molar-refractivity contribution in [1.82, 2.24) is 10.6 Å². The van der Waals surface area contributed by atoms with Crippen molar-refractivity contribution in [1.29, 1.82) is 0 Å². The first-order valence-corrected chi connectivity index (χ1v) is 10.1. The molecule has 2 atom stereocenters. The molecule has 0 spiro atoms. The molecular weight excluding hydrogens is 414 g/mol. The van der Waals surface area contributed by atoms with Crippen LogP contribution in [0.1, 0.15) is 25.8 Å². The number of primary amides is 1. The van der Waals surface area contributed by atoms with Crippen LogP contribution in [0, 0.1) is 5.92 Å². The second kappa shape index (κ2) is 11.5. The zero-order valence-electron chi connectivity index (χ0n) is 17.9. The fourth-order valence-electron chi connectivity index (χ4n) is 2.95. The molecule has 0 fully saturated rings. The number of rotatable bonds is 11. The second-order valence-electron chi connectivity index (χ2n) is 7.60. The summed E-state index contributed by atoms with van der Waals surface area (Å²) in [5.41, 5.74) is 5.82. The minimum absolute atomic E-state index is 0.0823. The first kappa shape index (κ1) is 24.4. The van der Waals surface area contributed by atoms with Gasteiger partial charge in [-0.2, -0.15) is 0 Å². The molecule has 9 heteroatoms. The van der Waals surface area contributed by atoms with Crippen LogP contribution in [0.4, 0.5) is 0 Å². The standard InChI is InChI=1S/C23H27N3O6/c1-14(2)21(23(30)31)26-22(29)18(13-19(24)27)25-20(28)12-15-7-6-10-17(11-15)32-16-8-4-3-5-9-16/h3-11,14,18,21H,12-13H2,1-2H3,(H2,24,27)(H,25,28)(H,26,29)(H,30,31)/t18-,21-/m0/s1. The molecule has 0 bridgehead atoms. The van der Waals surface area contributed by atoms with Crippen LogP contribution in [0.15, 0.2) is 54.6 Å². The largest absolute Gasteiger partial charge is 0.480 e. The minimum Gasteiger partial charge on any atom is -0.480 e. The molecule has 2 rings (SSSR count). The van der Waals surface area contributed by atoms with E-state index in [-0.39, 0.29) is 6.42 Å². The van der Waals surface area contributed by atoms with E-state index in [2.05, 4.69) is 10.6 Å². The lowest BCUT2D eigenvalue weighted by molar-refractivity contribution is -0.143. The fraction of sp³-hybridized carbons (Fsp3) is 0.304. The van der Waals surface area contributed by atoms with Gasteiger partial charge in [-0.25, -0.2) is 4.79 Å². The van der Waals surface area contributed by atoms with Crippen molar-refractivity contribution in [3.8, 4) is 11.5 Å². The molecule has 3 amide bonds. The number of hydrogen-bond acceptors (Lipinski definition) is 5. The van der Waals surface area contributed by atoms with Crippen LogP contribution >= 0.6 is 0 Å². The number of carbonyl (C=O) groups is 4. The Kier molecular flexibility index (Phi) is 8.76. The Morgan fingerprint density at radius 3 is 2.22 bits per heavy atom. The summed E-state index contributed by atoms with van der Waals surface area (Å²) < 4.78 is 5.75. The number of para-hydroxylation sites is 1. The molecule has 2 aromatic carbocycles. The molecule has 5 N–H and O–H groups in total. The molecule has 0 saturated heterocycles. The third-order valence-corrected chi connectivity index (χ3v) is 4.53. The molecular formula is C23H27N3O6. The van der Waals surface area contributed by atoms with Crippen LogP contribution in [-0.2, 0) is 25.6 Å². The number of carboxylic acid groups (broad SMARTS) is 1. The normalized spacial score (nSPS) is 12.5. The summed E-state index contributed by atoms with van der Waals surface area (Å²) in [6.07, 6.45) is -0.541. The van der Waals surface area contributed by atoms with Crippen molar-refractivity contribution in [3.63, 3.8) is 0 Å². The number of ether oxygens (including phenoxy) is 1. The monoisotopic (exact) mass is 441 g/mol. The number of nitrogens with one attached hydrogen (secondary N) is 2. The Bertz CT molecular complexity index is 961. The Balaban J connectivity index is 2.05. The summed E-state index contributed by atoms with van der Waals surface area (Å²) >= 11 is 0. The third-order valence-electron chi connectivity index (χ3n) is 4.53. The van der Waals surface area contributed by atoms with Gasteiger partial charge >= 0.3 is 5.97 Å². The molecule has 0 saturated carbocycles. The van der Waals surface area contributed by atoms with Gasteiger partial charge in [-0.15, -0.1) is 0 Å². The van der Waals surface area contributed by atoms with Crippen molar-refractivity contribution >= 4 is 23.7 Å². The highest BCUT2D eigenvalue weighted by atomic mass is 16.5. The number of carbonyl (C=O) groups excluding carboxylic acids is 3. The van der Waals surface area contributed by atoms with Gasteiger partial charge in [-0.1, -0.05) is 44.2 Å². The van der Waals surface area contributed by atoms with E-state index in [1.54, 1.807) is 50.2 Å². The van der Waals surface area contributed by atoms with Gasteiger partial charge in [0, 0.05) is 0 Å². The summed E-state index contributed by atoms with van der Waals surface area (Å²) in [4.78, 5) is 47.8. The highest BCUT2D eigenvalue weighted by molar-refractivity contribution is 5.94. The van der Waals surface area contributed by atoms with Gasteiger partial charge in [0.15, 0.2) is 0 Å². The number of benzene rings is 2. The summed E-state index contributed by atoms with van der Waals surface area (Å²) in [6.45, 7) is 3.26. The van der Waals surface area contributed by atoms with E-state index < -0.39 is 48.1 Å². The number of nitrogens with two attached hydrogens (primary N) is 1. The van der Waals surface area contributed by atoms with Crippen LogP contribution in [0.3, 0.4) is 0 Å². The molecule has 0 unspecified atom stereocenters. The number of carboxylic acids is 1.